The zero-order chi connectivity index (χ0) is 15.2. The quantitative estimate of drug-likeness (QED) is 0.729. The van der Waals surface area contributed by atoms with E-state index in [1.807, 2.05) is 18.2 Å². The lowest BCUT2D eigenvalue weighted by Gasteiger charge is -2.09. The number of nitrogens with one attached hydrogen (secondary N) is 3. The maximum atomic E-state index is 11.7. The van der Waals surface area contributed by atoms with Gasteiger partial charge >= 0.3 is 0 Å². The van der Waals surface area contributed by atoms with Gasteiger partial charge in [-0.3, -0.25) is 19.8 Å². The summed E-state index contributed by atoms with van der Waals surface area (Å²) in [5.74, 6) is 0.986. The van der Waals surface area contributed by atoms with Crippen molar-refractivity contribution in [1.29, 1.82) is 0 Å². The van der Waals surface area contributed by atoms with Crippen molar-refractivity contribution >= 4 is 5.91 Å². The van der Waals surface area contributed by atoms with E-state index in [9.17, 15) is 9.59 Å². The summed E-state index contributed by atoms with van der Waals surface area (Å²) >= 11 is 0. The Morgan fingerprint density at radius 2 is 1.90 bits per heavy atom. The van der Waals surface area contributed by atoms with Crippen LogP contribution in [0.5, 0.6) is 11.5 Å². The summed E-state index contributed by atoms with van der Waals surface area (Å²) in [6, 6.07) is 6.81. The van der Waals surface area contributed by atoms with Crippen LogP contribution >= 0.6 is 0 Å². The average molecular weight is 291 g/mol. The van der Waals surface area contributed by atoms with Crippen LogP contribution in [-0.4, -0.2) is 36.9 Å². The number of hydrogen-bond acceptors (Lipinski definition) is 4. The topological polar surface area (TPSA) is 96.2 Å². The smallest absolute Gasteiger partial charge is 0.269 e. The number of aromatic nitrogens is 2. The summed E-state index contributed by atoms with van der Waals surface area (Å²) in [6.07, 6.45) is 0.640. The number of amides is 1. The highest BCUT2D eigenvalue weighted by Gasteiger charge is 2.08. The number of ether oxygens (including phenoxy) is 2. The van der Waals surface area contributed by atoms with E-state index in [0.717, 1.165) is 5.56 Å². The minimum atomic E-state index is -0.333. The van der Waals surface area contributed by atoms with Gasteiger partial charge < -0.3 is 14.8 Å². The Hall–Kier alpha value is -2.70. The predicted molar refractivity (Wildman–Crippen MR) is 77.0 cm³/mol. The average Bonchev–Trinajstić information content (AvgIpc) is 2.93. The van der Waals surface area contributed by atoms with Crippen LogP contribution in [0.3, 0.4) is 0 Å². The Labute approximate surface area is 121 Å². The number of carbonyl (C=O) groups is 1. The monoisotopic (exact) mass is 291 g/mol. The molecule has 0 fully saturated rings. The third-order valence-electron chi connectivity index (χ3n) is 2.99. The van der Waals surface area contributed by atoms with Gasteiger partial charge in [-0.05, 0) is 24.1 Å². The highest BCUT2D eigenvalue weighted by atomic mass is 16.5. The molecule has 0 aliphatic heterocycles. The molecule has 2 aromatic rings. The van der Waals surface area contributed by atoms with E-state index in [4.69, 9.17) is 9.47 Å². The summed E-state index contributed by atoms with van der Waals surface area (Å²) in [5.41, 5.74) is 0.892. The van der Waals surface area contributed by atoms with E-state index in [1.54, 1.807) is 14.2 Å². The van der Waals surface area contributed by atoms with Gasteiger partial charge in [0.1, 0.15) is 5.69 Å². The number of methoxy groups -OCH3 is 2. The van der Waals surface area contributed by atoms with E-state index in [0.29, 0.717) is 24.5 Å². The summed E-state index contributed by atoms with van der Waals surface area (Å²) in [5, 5.41) is 7.54. The van der Waals surface area contributed by atoms with Gasteiger partial charge in [-0.1, -0.05) is 6.07 Å². The van der Waals surface area contributed by atoms with Crippen molar-refractivity contribution in [1.82, 2.24) is 15.5 Å². The molecule has 7 nitrogen and oxygen atoms in total. The number of benzene rings is 1. The fraction of sp³-hybridized carbons (Fsp3) is 0.286. The molecule has 0 aliphatic rings. The molecule has 1 aromatic heterocycles. The molecule has 0 bridgehead atoms. The zero-order valence-corrected chi connectivity index (χ0v) is 11.9. The second-order valence-electron chi connectivity index (χ2n) is 4.37. The Balaban J connectivity index is 1.91. The van der Waals surface area contributed by atoms with E-state index < -0.39 is 0 Å². The second-order valence-corrected chi connectivity index (χ2v) is 4.37. The number of rotatable bonds is 6. The van der Waals surface area contributed by atoms with Gasteiger partial charge in [0.25, 0.3) is 11.5 Å². The summed E-state index contributed by atoms with van der Waals surface area (Å²) in [6.45, 7) is 0.446. The summed E-state index contributed by atoms with van der Waals surface area (Å²) < 4.78 is 10.4. The zero-order valence-electron chi connectivity index (χ0n) is 11.9. The maximum absolute atomic E-state index is 11.7. The van der Waals surface area contributed by atoms with Crippen LogP contribution in [0.15, 0.2) is 29.1 Å². The predicted octanol–water partition coefficient (Wildman–Crippen LogP) is 0.693. The highest BCUT2D eigenvalue weighted by molar-refractivity contribution is 5.92. The molecule has 2 rings (SSSR count). The first-order valence-corrected chi connectivity index (χ1v) is 6.41. The minimum absolute atomic E-state index is 0.215. The fourth-order valence-corrected chi connectivity index (χ4v) is 1.91. The van der Waals surface area contributed by atoms with E-state index >= 15 is 0 Å². The first-order chi connectivity index (χ1) is 10.1. The van der Waals surface area contributed by atoms with Gasteiger partial charge in [-0.2, -0.15) is 0 Å². The minimum Gasteiger partial charge on any atom is -0.493 e. The second kappa shape index (κ2) is 6.65. The van der Waals surface area contributed by atoms with Crippen LogP contribution in [0.1, 0.15) is 16.1 Å². The molecule has 3 N–H and O–H groups in total. The Kier molecular flexibility index (Phi) is 4.65. The van der Waals surface area contributed by atoms with Crippen molar-refractivity contribution in [2.75, 3.05) is 20.8 Å². The molecule has 0 saturated heterocycles. The lowest BCUT2D eigenvalue weighted by atomic mass is 10.1. The standard InChI is InChI=1S/C14H17N3O4/c1-20-11-4-3-9(7-12(11)21-2)5-6-15-14(19)10-8-13(18)17-16-10/h3-4,7-8H,5-6H2,1-2H3,(H,15,19)(H2,16,17,18). The van der Waals surface area contributed by atoms with Crippen LogP contribution in [0.2, 0.25) is 0 Å². The van der Waals surface area contributed by atoms with E-state index in [-0.39, 0.29) is 17.2 Å². The number of aromatic amines is 2. The first kappa shape index (κ1) is 14.7. The molecule has 0 unspecified atom stereocenters. The Bertz CT molecular complexity index is 675. The van der Waals surface area contributed by atoms with Crippen LogP contribution < -0.4 is 20.3 Å². The van der Waals surface area contributed by atoms with Crippen molar-refractivity contribution in [2.45, 2.75) is 6.42 Å². The normalized spacial score (nSPS) is 10.2. The van der Waals surface area contributed by atoms with Crippen molar-refractivity contribution in [3.8, 4) is 11.5 Å². The van der Waals surface area contributed by atoms with Crippen molar-refractivity contribution in [3.63, 3.8) is 0 Å². The van der Waals surface area contributed by atoms with E-state index in [2.05, 4.69) is 15.5 Å². The van der Waals surface area contributed by atoms with Gasteiger partial charge in [0.05, 0.1) is 14.2 Å². The number of carbonyl (C=O) groups excluding carboxylic acids is 1. The van der Waals surface area contributed by atoms with Gasteiger partial charge in [0.15, 0.2) is 11.5 Å². The molecule has 7 heteroatoms. The third-order valence-corrected chi connectivity index (χ3v) is 2.99. The van der Waals surface area contributed by atoms with Crippen LogP contribution in [0.4, 0.5) is 0 Å². The molecular weight excluding hydrogens is 274 g/mol. The van der Waals surface area contributed by atoms with Crippen LogP contribution in [0.25, 0.3) is 0 Å². The van der Waals surface area contributed by atoms with E-state index in [1.165, 1.54) is 6.07 Å². The Morgan fingerprint density at radius 3 is 2.52 bits per heavy atom. The van der Waals surface area contributed by atoms with Crippen LogP contribution in [0, 0.1) is 0 Å². The van der Waals surface area contributed by atoms with Crippen molar-refractivity contribution in [2.24, 2.45) is 0 Å². The maximum Gasteiger partial charge on any atom is 0.269 e. The van der Waals surface area contributed by atoms with Gasteiger partial charge in [0.2, 0.25) is 0 Å². The number of hydrogen-bond donors (Lipinski definition) is 3. The number of H-pyrrole nitrogens is 2. The summed E-state index contributed by atoms with van der Waals surface area (Å²) in [4.78, 5) is 22.7. The molecular formula is C14H17N3O4. The fourth-order valence-electron chi connectivity index (χ4n) is 1.91. The lowest BCUT2D eigenvalue weighted by molar-refractivity contribution is 0.0949. The summed E-state index contributed by atoms with van der Waals surface area (Å²) in [7, 11) is 3.15. The largest absolute Gasteiger partial charge is 0.493 e. The SMILES string of the molecule is COc1ccc(CCNC(=O)c2cc(=O)[nH][nH]2)cc1OC. The highest BCUT2D eigenvalue weighted by Crippen LogP contribution is 2.27. The van der Waals surface area contributed by atoms with Gasteiger partial charge in [-0.15, -0.1) is 0 Å². The molecule has 0 saturated carbocycles. The molecule has 21 heavy (non-hydrogen) atoms. The first-order valence-electron chi connectivity index (χ1n) is 6.41. The molecule has 0 atom stereocenters. The molecule has 0 aliphatic carbocycles. The van der Waals surface area contributed by atoms with Gasteiger partial charge in [-0.25, -0.2) is 0 Å². The molecule has 1 aromatic carbocycles. The van der Waals surface area contributed by atoms with Crippen molar-refractivity contribution in [3.05, 3.63) is 45.9 Å². The Morgan fingerprint density at radius 1 is 1.14 bits per heavy atom. The van der Waals surface area contributed by atoms with Gasteiger partial charge in [0, 0.05) is 12.6 Å². The molecule has 1 amide bonds. The third kappa shape index (κ3) is 3.65. The lowest BCUT2D eigenvalue weighted by Crippen LogP contribution is -2.26. The molecule has 112 valence electrons. The molecule has 0 spiro atoms. The van der Waals surface area contributed by atoms with Crippen molar-refractivity contribution < 1.29 is 14.3 Å². The molecule has 1 heterocycles. The van der Waals surface area contributed by atoms with Crippen LogP contribution in [-0.2, 0) is 6.42 Å². The molecule has 0 radical (unpaired) electrons.